The first-order valence-corrected chi connectivity index (χ1v) is 9.41. The molecule has 0 atom stereocenters. The average molecular weight is 419 g/mol. The minimum Gasteiger partial charge on any atom is -0.508 e. The lowest BCUT2D eigenvalue weighted by Gasteiger charge is -2.29. The minimum absolute atomic E-state index is 0.0134. The summed E-state index contributed by atoms with van der Waals surface area (Å²) in [5.74, 6) is -0.522. The van der Waals surface area contributed by atoms with E-state index in [0.717, 1.165) is 5.69 Å². The molecular weight excluding hydrogens is 402 g/mol. The van der Waals surface area contributed by atoms with Gasteiger partial charge in [0.25, 0.3) is 11.8 Å². The summed E-state index contributed by atoms with van der Waals surface area (Å²) in [5.41, 5.74) is 1.76. The molecule has 0 bridgehead atoms. The largest absolute Gasteiger partial charge is 0.508 e. The van der Waals surface area contributed by atoms with Crippen LogP contribution in [0.4, 0.5) is 5.69 Å². The van der Waals surface area contributed by atoms with Gasteiger partial charge in [-0.1, -0.05) is 12.1 Å². The molecule has 150 valence electrons. The summed E-state index contributed by atoms with van der Waals surface area (Å²) in [4.78, 5) is 27.1. The fourth-order valence-corrected chi connectivity index (χ4v) is 3.47. The first-order valence-electron chi connectivity index (χ1n) is 9.01. The first kappa shape index (κ1) is 19.4. The Kier molecular flexibility index (Phi) is 5.07. The van der Waals surface area contributed by atoms with Gasteiger partial charge < -0.3 is 14.4 Å². The lowest BCUT2D eigenvalue weighted by atomic mass is 10.1. The van der Waals surface area contributed by atoms with Gasteiger partial charge in [-0.25, -0.2) is 4.90 Å². The molecule has 3 aromatic rings. The number of para-hydroxylation sites is 2. The number of thiocarbonyl (C=S) groups is 1. The third-order valence-electron chi connectivity index (χ3n) is 4.63. The summed E-state index contributed by atoms with van der Waals surface area (Å²) < 4.78 is 7.14. The van der Waals surface area contributed by atoms with E-state index >= 15 is 0 Å². The summed E-state index contributed by atoms with van der Waals surface area (Å²) in [6, 6.07) is 17.1. The Morgan fingerprint density at radius 1 is 1.03 bits per heavy atom. The van der Waals surface area contributed by atoms with E-state index in [1.165, 1.54) is 18.1 Å². The van der Waals surface area contributed by atoms with Crippen molar-refractivity contribution in [2.75, 3.05) is 12.0 Å². The van der Waals surface area contributed by atoms with Crippen LogP contribution < -0.4 is 15.0 Å². The molecule has 1 saturated heterocycles. The number of methoxy groups -OCH3 is 1. The van der Waals surface area contributed by atoms with Crippen LogP contribution in [-0.4, -0.2) is 33.7 Å². The Hall–Kier alpha value is -3.91. The van der Waals surface area contributed by atoms with Crippen LogP contribution in [0.15, 0.2) is 72.4 Å². The molecule has 2 heterocycles. The van der Waals surface area contributed by atoms with Crippen LogP contribution in [0.25, 0.3) is 11.8 Å². The van der Waals surface area contributed by atoms with Crippen molar-refractivity contribution >= 4 is 40.9 Å². The first-order chi connectivity index (χ1) is 14.5. The zero-order chi connectivity index (χ0) is 21.3. The van der Waals surface area contributed by atoms with Crippen molar-refractivity contribution in [3.8, 4) is 17.2 Å². The Morgan fingerprint density at radius 2 is 1.77 bits per heavy atom. The number of nitrogens with one attached hydrogen (secondary N) is 1. The number of phenolic OH excluding ortho intramolecular Hbond substituents is 1. The number of carbonyl (C=O) groups is 2. The van der Waals surface area contributed by atoms with E-state index in [4.69, 9.17) is 17.0 Å². The van der Waals surface area contributed by atoms with Crippen LogP contribution in [-0.2, 0) is 9.59 Å². The molecule has 1 aromatic heterocycles. The molecular formula is C22H17N3O4S. The zero-order valence-electron chi connectivity index (χ0n) is 15.9. The predicted octanol–water partition coefficient (Wildman–Crippen LogP) is 3.02. The van der Waals surface area contributed by atoms with Crippen molar-refractivity contribution in [1.29, 1.82) is 0 Å². The van der Waals surface area contributed by atoms with Crippen LogP contribution in [0.1, 0.15) is 5.69 Å². The maximum atomic E-state index is 13.2. The number of anilines is 1. The number of carbonyl (C=O) groups excluding carboxylic acids is 2. The van der Waals surface area contributed by atoms with Gasteiger partial charge in [0.05, 0.1) is 12.8 Å². The van der Waals surface area contributed by atoms with E-state index < -0.39 is 11.8 Å². The summed E-state index contributed by atoms with van der Waals surface area (Å²) in [5, 5.41) is 12.1. The van der Waals surface area contributed by atoms with Crippen LogP contribution >= 0.6 is 12.2 Å². The smallest absolute Gasteiger partial charge is 0.270 e. The maximum Gasteiger partial charge on any atom is 0.270 e. The van der Waals surface area contributed by atoms with Crippen molar-refractivity contribution in [1.82, 2.24) is 9.88 Å². The lowest BCUT2D eigenvalue weighted by molar-refractivity contribution is -0.122. The number of benzene rings is 2. The highest BCUT2D eigenvalue weighted by Gasteiger charge is 2.36. The number of hydrogen-bond acceptors (Lipinski definition) is 5. The molecule has 2 amide bonds. The fraction of sp³-hybridized carbons (Fsp3) is 0.0455. The highest BCUT2D eigenvalue weighted by Crippen LogP contribution is 2.31. The van der Waals surface area contributed by atoms with Crippen LogP contribution in [0.5, 0.6) is 11.5 Å². The van der Waals surface area contributed by atoms with E-state index in [-0.39, 0.29) is 16.4 Å². The number of phenols is 1. The Labute approximate surface area is 177 Å². The molecule has 7 nitrogen and oxygen atoms in total. The van der Waals surface area contributed by atoms with Gasteiger partial charge in [-0.15, -0.1) is 0 Å². The van der Waals surface area contributed by atoms with E-state index in [1.54, 1.807) is 71.4 Å². The van der Waals surface area contributed by atoms with Crippen LogP contribution in [0.2, 0.25) is 0 Å². The van der Waals surface area contributed by atoms with Crippen LogP contribution in [0, 0.1) is 0 Å². The number of ether oxygens (including phenoxy) is 1. The number of aromatic hydroxyl groups is 1. The summed E-state index contributed by atoms with van der Waals surface area (Å²) in [6.07, 6.45) is 3.31. The molecule has 0 radical (unpaired) electrons. The molecule has 4 rings (SSSR count). The van der Waals surface area contributed by atoms with Gasteiger partial charge in [0.2, 0.25) is 0 Å². The van der Waals surface area contributed by atoms with E-state index in [2.05, 4.69) is 5.32 Å². The van der Waals surface area contributed by atoms with Gasteiger partial charge in [-0.05, 0) is 66.8 Å². The molecule has 0 saturated carbocycles. The maximum absolute atomic E-state index is 13.2. The van der Waals surface area contributed by atoms with E-state index in [0.29, 0.717) is 17.1 Å². The quantitative estimate of drug-likeness (QED) is 0.386. The predicted molar refractivity (Wildman–Crippen MR) is 117 cm³/mol. The van der Waals surface area contributed by atoms with Crippen molar-refractivity contribution in [3.63, 3.8) is 0 Å². The van der Waals surface area contributed by atoms with E-state index in [1.807, 2.05) is 0 Å². The molecule has 0 spiro atoms. The van der Waals surface area contributed by atoms with Crippen molar-refractivity contribution in [2.24, 2.45) is 0 Å². The third-order valence-corrected chi connectivity index (χ3v) is 4.91. The highest BCUT2D eigenvalue weighted by molar-refractivity contribution is 7.80. The van der Waals surface area contributed by atoms with E-state index in [9.17, 15) is 14.7 Å². The zero-order valence-corrected chi connectivity index (χ0v) is 16.7. The van der Waals surface area contributed by atoms with Crippen molar-refractivity contribution < 1.29 is 19.4 Å². The van der Waals surface area contributed by atoms with Gasteiger partial charge in [0.1, 0.15) is 17.1 Å². The van der Waals surface area contributed by atoms with Gasteiger partial charge >= 0.3 is 0 Å². The summed E-state index contributed by atoms with van der Waals surface area (Å²) in [6.45, 7) is 0. The van der Waals surface area contributed by atoms with Crippen molar-refractivity contribution in [2.45, 2.75) is 0 Å². The lowest BCUT2D eigenvalue weighted by Crippen LogP contribution is -2.54. The number of hydrogen-bond donors (Lipinski definition) is 2. The molecule has 1 aliphatic heterocycles. The molecule has 2 N–H and O–H groups in total. The number of aromatic nitrogens is 1. The molecule has 1 aliphatic rings. The molecule has 0 aliphatic carbocycles. The fourth-order valence-electron chi connectivity index (χ4n) is 3.20. The van der Waals surface area contributed by atoms with Gasteiger partial charge in [0, 0.05) is 17.6 Å². The second kappa shape index (κ2) is 7.84. The molecule has 2 aromatic carbocycles. The average Bonchev–Trinajstić information content (AvgIpc) is 3.20. The van der Waals surface area contributed by atoms with Gasteiger partial charge in [-0.2, -0.15) is 0 Å². The number of nitrogens with zero attached hydrogens (tertiary/aromatic N) is 2. The molecule has 1 fully saturated rings. The molecule has 8 heteroatoms. The third kappa shape index (κ3) is 3.44. The second-order valence-electron chi connectivity index (χ2n) is 6.45. The standard InChI is InChI=1S/C22H17N3O4S/c1-29-19-7-3-2-6-18(19)25-21(28)17(20(27)23-22(25)30)13-15-5-4-12-24(15)14-8-10-16(26)11-9-14/h2-13,26H,1H3,(H,23,27,30). The summed E-state index contributed by atoms with van der Waals surface area (Å²) in [7, 11) is 1.50. The van der Waals surface area contributed by atoms with Gasteiger partial charge in [0.15, 0.2) is 5.11 Å². The summed E-state index contributed by atoms with van der Waals surface area (Å²) >= 11 is 5.25. The molecule has 0 unspecified atom stereocenters. The SMILES string of the molecule is COc1ccccc1N1C(=O)C(=Cc2cccn2-c2ccc(O)cc2)C(=O)NC1=S. The number of rotatable bonds is 4. The normalized spacial score (nSPS) is 15.4. The Bertz CT molecular complexity index is 1180. The second-order valence-corrected chi connectivity index (χ2v) is 6.84. The Morgan fingerprint density at radius 3 is 2.50 bits per heavy atom. The monoisotopic (exact) mass is 419 g/mol. The van der Waals surface area contributed by atoms with Crippen molar-refractivity contribution in [3.05, 3.63) is 78.1 Å². The van der Waals surface area contributed by atoms with Crippen LogP contribution in [0.3, 0.4) is 0 Å². The number of amides is 2. The Balaban J connectivity index is 1.76. The molecule has 30 heavy (non-hydrogen) atoms. The topological polar surface area (TPSA) is 83.8 Å². The highest BCUT2D eigenvalue weighted by atomic mass is 32.1. The van der Waals surface area contributed by atoms with Gasteiger partial charge in [-0.3, -0.25) is 14.9 Å². The minimum atomic E-state index is -0.574.